The number of aliphatic hydroxyl groups is 1. The number of nitro groups is 1. The Morgan fingerprint density at radius 2 is 2.30 bits per heavy atom. The summed E-state index contributed by atoms with van der Waals surface area (Å²) >= 11 is 0. The van der Waals surface area contributed by atoms with Gasteiger partial charge in [0.2, 0.25) is 5.82 Å². The molecule has 1 fully saturated rings. The van der Waals surface area contributed by atoms with E-state index in [1.807, 2.05) is 0 Å². The number of rotatable bonds is 5. The van der Waals surface area contributed by atoms with Crippen LogP contribution in [0, 0.1) is 21.8 Å². The zero-order valence-corrected chi connectivity index (χ0v) is 11.3. The van der Waals surface area contributed by atoms with Crippen molar-refractivity contribution in [1.29, 1.82) is 0 Å². The molecule has 1 unspecified atom stereocenters. The van der Waals surface area contributed by atoms with Crippen LogP contribution < -0.4 is 0 Å². The topological polar surface area (TPSA) is 66.6 Å². The molecule has 1 aromatic rings. The Kier molecular flexibility index (Phi) is 5.03. The third kappa shape index (κ3) is 3.52. The van der Waals surface area contributed by atoms with Gasteiger partial charge in [-0.1, -0.05) is 12.1 Å². The van der Waals surface area contributed by atoms with Crippen LogP contribution in [0.5, 0.6) is 0 Å². The predicted molar refractivity (Wildman–Crippen MR) is 72.8 cm³/mol. The SMILES string of the molecule is O=[N+]([O-])c1cccc(CN2CCCC(CCO)C2)c1F. The number of benzene rings is 1. The van der Waals surface area contributed by atoms with Crippen molar-refractivity contribution in [3.05, 3.63) is 39.7 Å². The smallest absolute Gasteiger partial charge is 0.305 e. The molecule has 1 aromatic carbocycles. The lowest BCUT2D eigenvalue weighted by Crippen LogP contribution is -2.35. The van der Waals surface area contributed by atoms with Crippen LogP contribution in [-0.2, 0) is 6.54 Å². The first-order valence-corrected chi connectivity index (χ1v) is 6.86. The molecule has 0 spiro atoms. The lowest BCUT2D eigenvalue weighted by Gasteiger charge is -2.32. The van der Waals surface area contributed by atoms with Crippen LogP contribution in [0.25, 0.3) is 0 Å². The van der Waals surface area contributed by atoms with Crippen molar-refractivity contribution in [2.45, 2.75) is 25.8 Å². The lowest BCUT2D eigenvalue weighted by molar-refractivity contribution is -0.387. The van der Waals surface area contributed by atoms with Gasteiger partial charge in [0.25, 0.3) is 0 Å². The highest BCUT2D eigenvalue weighted by atomic mass is 19.1. The maximum absolute atomic E-state index is 14.0. The molecule has 110 valence electrons. The van der Waals surface area contributed by atoms with Crippen molar-refractivity contribution < 1.29 is 14.4 Å². The first kappa shape index (κ1) is 14.9. The molecule has 0 saturated carbocycles. The van der Waals surface area contributed by atoms with Gasteiger partial charge in [-0.15, -0.1) is 0 Å². The molecule has 2 rings (SSSR count). The molecular formula is C14H19FN2O3. The number of piperidine rings is 1. The molecule has 1 aliphatic heterocycles. The number of halogens is 1. The van der Waals surface area contributed by atoms with Gasteiger partial charge in [0.1, 0.15) is 0 Å². The van der Waals surface area contributed by atoms with Crippen molar-refractivity contribution >= 4 is 5.69 Å². The van der Waals surface area contributed by atoms with Gasteiger partial charge in [-0.05, 0) is 31.7 Å². The molecule has 1 heterocycles. The number of hydrogen-bond acceptors (Lipinski definition) is 4. The minimum atomic E-state index is -0.734. The molecule has 1 aliphatic rings. The maximum Gasteiger partial charge on any atom is 0.305 e. The fourth-order valence-electron chi connectivity index (χ4n) is 2.78. The van der Waals surface area contributed by atoms with Crippen molar-refractivity contribution in [3.8, 4) is 0 Å². The van der Waals surface area contributed by atoms with E-state index in [-0.39, 0.29) is 6.61 Å². The van der Waals surface area contributed by atoms with Crippen LogP contribution >= 0.6 is 0 Å². The first-order chi connectivity index (χ1) is 9.61. The average molecular weight is 282 g/mol. The fraction of sp³-hybridized carbons (Fsp3) is 0.571. The Hall–Kier alpha value is -1.53. The van der Waals surface area contributed by atoms with Gasteiger partial charge >= 0.3 is 5.69 Å². The van der Waals surface area contributed by atoms with Crippen LogP contribution in [-0.4, -0.2) is 34.6 Å². The molecule has 20 heavy (non-hydrogen) atoms. The van der Waals surface area contributed by atoms with Gasteiger partial charge in [0, 0.05) is 31.3 Å². The van der Waals surface area contributed by atoms with Crippen molar-refractivity contribution in [1.82, 2.24) is 4.90 Å². The number of aliphatic hydroxyl groups excluding tert-OH is 1. The molecule has 0 bridgehead atoms. The molecule has 6 heteroatoms. The predicted octanol–water partition coefficient (Wildman–Crippen LogP) is 2.33. The van der Waals surface area contributed by atoms with Crippen molar-refractivity contribution in [2.24, 2.45) is 5.92 Å². The minimum absolute atomic E-state index is 0.170. The average Bonchev–Trinajstić information content (AvgIpc) is 2.42. The number of nitrogens with zero attached hydrogens (tertiary/aromatic N) is 2. The normalized spacial score (nSPS) is 20.0. The summed E-state index contributed by atoms with van der Waals surface area (Å²) in [4.78, 5) is 12.1. The highest BCUT2D eigenvalue weighted by molar-refractivity contribution is 5.36. The fourth-order valence-corrected chi connectivity index (χ4v) is 2.78. The first-order valence-electron chi connectivity index (χ1n) is 6.86. The zero-order chi connectivity index (χ0) is 14.5. The summed E-state index contributed by atoms with van der Waals surface area (Å²) in [5.41, 5.74) is -0.102. The van der Waals surface area contributed by atoms with Gasteiger partial charge in [-0.3, -0.25) is 15.0 Å². The van der Waals surface area contributed by atoms with Crippen LogP contribution in [0.4, 0.5) is 10.1 Å². The Bertz CT molecular complexity index is 479. The van der Waals surface area contributed by atoms with E-state index < -0.39 is 16.4 Å². The van der Waals surface area contributed by atoms with E-state index in [4.69, 9.17) is 5.11 Å². The van der Waals surface area contributed by atoms with E-state index in [1.165, 1.54) is 12.1 Å². The molecule has 5 nitrogen and oxygen atoms in total. The van der Waals surface area contributed by atoms with E-state index in [9.17, 15) is 14.5 Å². The Morgan fingerprint density at radius 3 is 3.00 bits per heavy atom. The monoisotopic (exact) mass is 282 g/mol. The van der Waals surface area contributed by atoms with Crippen LogP contribution in [0.2, 0.25) is 0 Å². The Labute approximate surface area is 117 Å². The number of likely N-dealkylation sites (tertiary alicyclic amines) is 1. The number of nitro benzene ring substituents is 1. The van der Waals surface area contributed by atoms with Crippen LogP contribution in [0.1, 0.15) is 24.8 Å². The summed E-state index contributed by atoms with van der Waals surface area (Å²) in [5, 5.41) is 19.7. The lowest BCUT2D eigenvalue weighted by atomic mass is 9.95. The largest absolute Gasteiger partial charge is 0.396 e. The van der Waals surface area contributed by atoms with Crippen LogP contribution in [0.15, 0.2) is 18.2 Å². The highest BCUT2D eigenvalue weighted by Crippen LogP contribution is 2.24. The zero-order valence-electron chi connectivity index (χ0n) is 11.3. The second kappa shape index (κ2) is 6.76. The summed E-state index contributed by atoms with van der Waals surface area (Å²) in [6.07, 6.45) is 2.85. The van der Waals surface area contributed by atoms with Gasteiger partial charge in [-0.25, -0.2) is 0 Å². The summed E-state index contributed by atoms with van der Waals surface area (Å²) in [6.45, 7) is 2.23. The van der Waals surface area contributed by atoms with Gasteiger partial charge in [0.15, 0.2) is 0 Å². The Balaban J connectivity index is 2.06. The van der Waals surface area contributed by atoms with Gasteiger partial charge < -0.3 is 5.11 Å². The van der Waals surface area contributed by atoms with E-state index in [0.29, 0.717) is 18.0 Å². The van der Waals surface area contributed by atoms with E-state index in [1.54, 1.807) is 6.07 Å². The second-order valence-electron chi connectivity index (χ2n) is 5.26. The van der Waals surface area contributed by atoms with E-state index in [2.05, 4.69) is 4.90 Å². The van der Waals surface area contributed by atoms with Crippen LogP contribution in [0.3, 0.4) is 0 Å². The van der Waals surface area contributed by atoms with Crippen molar-refractivity contribution in [2.75, 3.05) is 19.7 Å². The summed E-state index contributed by atoms with van der Waals surface area (Å²) in [5.74, 6) is -0.308. The molecule has 0 amide bonds. The van der Waals surface area contributed by atoms with Gasteiger partial charge in [0.05, 0.1) is 4.92 Å². The second-order valence-corrected chi connectivity index (χ2v) is 5.26. The third-order valence-electron chi connectivity index (χ3n) is 3.79. The standard InChI is InChI=1S/C14H19FN2O3/c15-14-12(4-1-5-13(14)17(19)20)10-16-7-2-3-11(9-16)6-8-18/h1,4-5,11,18H,2-3,6-10H2. The van der Waals surface area contributed by atoms with E-state index >= 15 is 0 Å². The Morgan fingerprint density at radius 1 is 1.50 bits per heavy atom. The number of hydrogen-bond donors (Lipinski definition) is 1. The molecule has 0 radical (unpaired) electrons. The van der Waals surface area contributed by atoms with Crippen molar-refractivity contribution in [3.63, 3.8) is 0 Å². The third-order valence-corrected chi connectivity index (χ3v) is 3.79. The molecule has 0 aliphatic carbocycles. The molecule has 1 N–H and O–H groups in total. The highest BCUT2D eigenvalue weighted by Gasteiger charge is 2.23. The summed E-state index contributed by atoms with van der Waals surface area (Å²) in [6, 6.07) is 4.30. The molecule has 0 aromatic heterocycles. The van der Waals surface area contributed by atoms with Gasteiger partial charge in [-0.2, -0.15) is 4.39 Å². The molecular weight excluding hydrogens is 263 g/mol. The molecule has 1 atom stereocenters. The molecule has 1 saturated heterocycles. The minimum Gasteiger partial charge on any atom is -0.396 e. The summed E-state index contributed by atoms with van der Waals surface area (Å²) < 4.78 is 14.0. The van der Waals surface area contributed by atoms with E-state index in [0.717, 1.165) is 32.4 Å². The quantitative estimate of drug-likeness (QED) is 0.665. The summed E-state index contributed by atoms with van der Waals surface area (Å²) in [7, 11) is 0. The maximum atomic E-state index is 14.0.